The predicted molar refractivity (Wildman–Crippen MR) is 65.4 cm³/mol. The Kier molecular flexibility index (Phi) is 3.84. The Bertz CT molecular complexity index is 454. The lowest BCUT2D eigenvalue weighted by Gasteiger charge is -2.26. The van der Waals surface area contributed by atoms with Gasteiger partial charge in [-0.15, -0.1) is 0 Å². The van der Waals surface area contributed by atoms with Crippen molar-refractivity contribution in [3.05, 3.63) is 29.6 Å². The minimum Gasteiger partial charge on any atom is -0.341 e. The molecule has 1 aromatic rings. The first-order valence-corrected chi connectivity index (χ1v) is 5.45. The van der Waals surface area contributed by atoms with Gasteiger partial charge in [-0.3, -0.25) is 4.79 Å². The van der Waals surface area contributed by atoms with Gasteiger partial charge < -0.3 is 4.90 Å². The van der Waals surface area contributed by atoms with Gasteiger partial charge in [-0.25, -0.2) is 4.98 Å². The fraction of sp³-hybridized carbons (Fsp3) is 0.462. The van der Waals surface area contributed by atoms with E-state index in [1.807, 2.05) is 6.07 Å². The zero-order valence-electron chi connectivity index (χ0n) is 10.7. The topological polar surface area (TPSA) is 57.0 Å². The van der Waals surface area contributed by atoms with Crippen LogP contribution in [0.25, 0.3) is 0 Å². The largest absolute Gasteiger partial charge is 0.341 e. The number of nitriles is 1. The van der Waals surface area contributed by atoms with Crippen LogP contribution in [-0.2, 0) is 0 Å². The standard InChI is InChI=1S/C13H17N3O/c1-13(2,3)9-16(4)12(17)10-5-6-15-11(7-10)8-14/h5-7H,9H2,1-4H3. The second kappa shape index (κ2) is 4.96. The van der Waals surface area contributed by atoms with E-state index in [2.05, 4.69) is 25.8 Å². The fourth-order valence-electron chi connectivity index (χ4n) is 1.63. The van der Waals surface area contributed by atoms with E-state index in [0.717, 1.165) is 0 Å². The first-order valence-electron chi connectivity index (χ1n) is 5.45. The number of hydrogen-bond acceptors (Lipinski definition) is 3. The van der Waals surface area contributed by atoms with Crippen molar-refractivity contribution < 1.29 is 4.79 Å². The first kappa shape index (κ1) is 13.2. The molecule has 0 aliphatic heterocycles. The van der Waals surface area contributed by atoms with E-state index in [1.165, 1.54) is 12.3 Å². The molecule has 1 amide bonds. The van der Waals surface area contributed by atoms with Crippen LogP contribution in [0.5, 0.6) is 0 Å². The number of pyridine rings is 1. The van der Waals surface area contributed by atoms with Gasteiger partial charge in [0.1, 0.15) is 11.8 Å². The fourth-order valence-corrected chi connectivity index (χ4v) is 1.63. The van der Waals surface area contributed by atoms with Gasteiger partial charge in [-0.2, -0.15) is 5.26 Å². The highest BCUT2D eigenvalue weighted by Crippen LogP contribution is 2.16. The van der Waals surface area contributed by atoms with Crippen molar-refractivity contribution in [3.8, 4) is 6.07 Å². The van der Waals surface area contributed by atoms with E-state index in [9.17, 15) is 4.79 Å². The molecule has 0 saturated heterocycles. The molecule has 17 heavy (non-hydrogen) atoms. The summed E-state index contributed by atoms with van der Waals surface area (Å²) in [6.07, 6.45) is 1.48. The molecule has 0 saturated carbocycles. The van der Waals surface area contributed by atoms with E-state index in [4.69, 9.17) is 5.26 Å². The Morgan fingerprint density at radius 1 is 1.53 bits per heavy atom. The number of aromatic nitrogens is 1. The molecule has 0 bridgehead atoms. The Morgan fingerprint density at radius 2 is 2.18 bits per heavy atom. The maximum atomic E-state index is 12.1. The second-order valence-corrected chi connectivity index (χ2v) is 5.26. The van der Waals surface area contributed by atoms with Gasteiger partial charge in [0.05, 0.1) is 0 Å². The Morgan fingerprint density at radius 3 is 2.71 bits per heavy atom. The third kappa shape index (κ3) is 3.87. The molecular weight excluding hydrogens is 214 g/mol. The van der Waals surface area contributed by atoms with Gasteiger partial charge in [0.25, 0.3) is 5.91 Å². The van der Waals surface area contributed by atoms with E-state index < -0.39 is 0 Å². The molecular formula is C13H17N3O. The zero-order valence-corrected chi connectivity index (χ0v) is 10.7. The smallest absolute Gasteiger partial charge is 0.253 e. The molecule has 1 rings (SSSR count). The lowest BCUT2D eigenvalue weighted by atomic mass is 9.96. The number of nitrogens with zero attached hydrogens (tertiary/aromatic N) is 3. The maximum absolute atomic E-state index is 12.1. The molecule has 0 spiro atoms. The van der Waals surface area contributed by atoms with E-state index in [1.54, 1.807) is 18.0 Å². The number of amides is 1. The molecule has 0 aliphatic rings. The minimum atomic E-state index is -0.0844. The van der Waals surface area contributed by atoms with Gasteiger partial charge in [-0.05, 0) is 17.5 Å². The third-order valence-electron chi connectivity index (χ3n) is 2.18. The summed E-state index contributed by atoms with van der Waals surface area (Å²) in [4.78, 5) is 17.6. The van der Waals surface area contributed by atoms with Crippen LogP contribution in [0, 0.1) is 16.7 Å². The Labute approximate surface area is 102 Å². The average molecular weight is 231 g/mol. The van der Waals surface area contributed by atoms with E-state index in [-0.39, 0.29) is 17.0 Å². The third-order valence-corrected chi connectivity index (χ3v) is 2.18. The van der Waals surface area contributed by atoms with Gasteiger partial charge in [-0.1, -0.05) is 20.8 Å². The summed E-state index contributed by atoms with van der Waals surface area (Å²) < 4.78 is 0. The maximum Gasteiger partial charge on any atom is 0.253 e. The van der Waals surface area contributed by atoms with Crippen molar-refractivity contribution in [2.24, 2.45) is 5.41 Å². The summed E-state index contributed by atoms with van der Waals surface area (Å²) in [5, 5.41) is 8.73. The molecule has 0 atom stereocenters. The molecule has 0 aromatic carbocycles. The van der Waals surface area contributed by atoms with Gasteiger partial charge in [0, 0.05) is 25.4 Å². The molecule has 4 heteroatoms. The number of rotatable bonds is 2. The average Bonchev–Trinajstić information content (AvgIpc) is 2.26. The van der Waals surface area contributed by atoms with Crippen LogP contribution in [-0.4, -0.2) is 29.4 Å². The predicted octanol–water partition coefficient (Wildman–Crippen LogP) is 2.07. The van der Waals surface area contributed by atoms with Crippen molar-refractivity contribution in [1.82, 2.24) is 9.88 Å². The summed E-state index contributed by atoms with van der Waals surface area (Å²) in [6, 6.07) is 5.07. The summed E-state index contributed by atoms with van der Waals surface area (Å²) >= 11 is 0. The van der Waals surface area contributed by atoms with Crippen LogP contribution in [0.4, 0.5) is 0 Å². The van der Waals surface area contributed by atoms with Crippen molar-refractivity contribution in [2.45, 2.75) is 20.8 Å². The molecule has 0 radical (unpaired) electrons. The summed E-state index contributed by atoms with van der Waals surface area (Å²) in [6.45, 7) is 6.88. The molecule has 4 nitrogen and oxygen atoms in total. The Balaban J connectivity index is 2.86. The van der Waals surface area contributed by atoms with Crippen molar-refractivity contribution in [1.29, 1.82) is 5.26 Å². The molecule has 1 aromatic heterocycles. The molecule has 1 heterocycles. The Hall–Kier alpha value is -1.89. The number of carbonyl (C=O) groups is 1. The highest BCUT2D eigenvalue weighted by Gasteiger charge is 2.19. The lowest BCUT2D eigenvalue weighted by Crippen LogP contribution is -2.34. The first-order chi connectivity index (χ1) is 7.83. The molecule has 0 aliphatic carbocycles. The highest BCUT2D eigenvalue weighted by atomic mass is 16.2. The van der Waals surface area contributed by atoms with Gasteiger partial charge >= 0.3 is 0 Å². The molecule has 0 unspecified atom stereocenters. The number of carbonyl (C=O) groups excluding carboxylic acids is 1. The zero-order chi connectivity index (χ0) is 13.1. The molecule has 90 valence electrons. The van der Waals surface area contributed by atoms with Crippen LogP contribution in [0.2, 0.25) is 0 Å². The minimum absolute atomic E-state index is 0.0511. The van der Waals surface area contributed by atoms with Crippen molar-refractivity contribution >= 4 is 5.91 Å². The monoisotopic (exact) mass is 231 g/mol. The SMILES string of the molecule is CN(CC(C)(C)C)C(=O)c1ccnc(C#N)c1. The van der Waals surface area contributed by atoms with Crippen molar-refractivity contribution in [3.63, 3.8) is 0 Å². The normalized spacial score (nSPS) is 10.8. The van der Waals surface area contributed by atoms with Crippen molar-refractivity contribution in [2.75, 3.05) is 13.6 Å². The summed E-state index contributed by atoms with van der Waals surface area (Å²) in [5.74, 6) is -0.0844. The number of hydrogen-bond donors (Lipinski definition) is 0. The van der Waals surface area contributed by atoms with Gasteiger partial charge in [0.15, 0.2) is 0 Å². The van der Waals surface area contributed by atoms with Crippen LogP contribution in [0.1, 0.15) is 36.8 Å². The lowest BCUT2D eigenvalue weighted by molar-refractivity contribution is 0.0745. The van der Waals surface area contributed by atoms with Crippen LogP contribution in [0.15, 0.2) is 18.3 Å². The van der Waals surface area contributed by atoms with E-state index in [0.29, 0.717) is 12.1 Å². The van der Waals surface area contributed by atoms with Gasteiger partial charge in [0.2, 0.25) is 0 Å². The molecule has 0 N–H and O–H groups in total. The highest BCUT2D eigenvalue weighted by molar-refractivity contribution is 5.94. The molecule has 0 fully saturated rings. The quantitative estimate of drug-likeness (QED) is 0.783. The summed E-state index contributed by atoms with van der Waals surface area (Å²) in [7, 11) is 1.76. The van der Waals surface area contributed by atoms with Crippen LogP contribution in [0.3, 0.4) is 0 Å². The van der Waals surface area contributed by atoms with Crippen LogP contribution < -0.4 is 0 Å². The van der Waals surface area contributed by atoms with Crippen LogP contribution >= 0.6 is 0 Å². The second-order valence-electron chi connectivity index (χ2n) is 5.26. The summed E-state index contributed by atoms with van der Waals surface area (Å²) in [5.41, 5.74) is 0.818. The van der Waals surface area contributed by atoms with E-state index >= 15 is 0 Å².